The fourth-order valence-corrected chi connectivity index (χ4v) is 2.34. The average molecular weight is 243 g/mol. The minimum Gasteiger partial charge on any atom is -0.379 e. The summed E-state index contributed by atoms with van der Waals surface area (Å²) >= 11 is 1.60. The van der Waals surface area contributed by atoms with Crippen LogP contribution in [0.15, 0.2) is 23.6 Å². The van der Waals surface area contributed by atoms with E-state index in [-0.39, 0.29) is 0 Å². The van der Waals surface area contributed by atoms with E-state index >= 15 is 0 Å². The van der Waals surface area contributed by atoms with Gasteiger partial charge >= 0.3 is 0 Å². The molecule has 0 aliphatic carbocycles. The molecular formula is C13H13N3S. The molecule has 0 amide bonds. The molecular weight excluding hydrogens is 230 g/mol. The molecule has 0 bridgehead atoms. The first-order chi connectivity index (χ1) is 8.19. The quantitative estimate of drug-likeness (QED) is 0.900. The van der Waals surface area contributed by atoms with Gasteiger partial charge in [0.1, 0.15) is 6.07 Å². The van der Waals surface area contributed by atoms with E-state index in [1.54, 1.807) is 11.3 Å². The van der Waals surface area contributed by atoms with Gasteiger partial charge in [0.15, 0.2) is 0 Å². The summed E-state index contributed by atoms with van der Waals surface area (Å²) in [5.74, 6) is 0. The predicted octanol–water partition coefficient (Wildman–Crippen LogP) is 3.24. The molecule has 0 radical (unpaired) electrons. The number of nitrogens with one attached hydrogen (secondary N) is 1. The third-order valence-electron chi connectivity index (χ3n) is 2.46. The largest absolute Gasteiger partial charge is 0.379 e. The second-order valence-electron chi connectivity index (χ2n) is 3.85. The number of nitrogens with zero attached hydrogens (tertiary/aromatic N) is 2. The fraction of sp³-hybridized carbons (Fsp3) is 0.231. The molecule has 2 heterocycles. The summed E-state index contributed by atoms with van der Waals surface area (Å²) in [7, 11) is 0. The first kappa shape index (κ1) is 11.6. The van der Waals surface area contributed by atoms with E-state index in [2.05, 4.69) is 16.4 Å². The molecule has 3 nitrogen and oxygen atoms in total. The summed E-state index contributed by atoms with van der Waals surface area (Å²) in [6.45, 7) is 4.71. The summed E-state index contributed by atoms with van der Waals surface area (Å²) in [5, 5.41) is 13.9. The molecule has 0 aliphatic rings. The molecule has 0 fully saturated rings. The van der Waals surface area contributed by atoms with E-state index in [9.17, 15) is 0 Å². The number of aryl methyl sites for hydroxylation is 2. The third-order valence-corrected chi connectivity index (χ3v) is 3.40. The smallest absolute Gasteiger partial charge is 0.100 e. The fourth-order valence-electron chi connectivity index (χ4n) is 1.59. The lowest BCUT2D eigenvalue weighted by Crippen LogP contribution is -2.01. The van der Waals surface area contributed by atoms with Crippen LogP contribution in [0.1, 0.15) is 21.8 Å². The van der Waals surface area contributed by atoms with Crippen molar-refractivity contribution in [2.75, 3.05) is 5.32 Å². The Hall–Kier alpha value is -1.86. The summed E-state index contributed by atoms with van der Waals surface area (Å²) in [6.07, 6.45) is 0. The van der Waals surface area contributed by atoms with E-state index in [4.69, 9.17) is 5.26 Å². The molecule has 0 aliphatic heterocycles. The lowest BCUT2D eigenvalue weighted by Gasteiger charge is -2.08. The number of rotatable bonds is 3. The highest BCUT2D eigenvalue weighted by Gasteiger charge is 2.02. The number of pyridine rings is 1. The number of hydrogen-bond donors (Lipinski definition) is 1. The zero-order chi connectivity index (χ0) is 12.3. The first-order valence-corrected chi connectivity index (χ1v) is 6.22. The van der Waals surface area contributed by atoms with Gasteiger partial charge in [0.2, 0.25) is 0 Å². The molecule has 4 heteroatoms. The molecule has 0 saturated heterocycles. The van der Waals surface area contributed by atoms with Crippen molar-refractivity contribution >= 4 is 17.0 Å². The Morgan fingerprint density at radius 3 is 2.88 bits per heavy atom. The Morgan fingerprint density at radius 1 is 1.41 bits per heavy atom. The summed E-state index contributed by atoms with van der Waals surface area (Å²) in [6, 6.07) is 8.07. The summed E-state index contributed by atoms with van der Waals surface area (Å²) < 4.78 is 0. The maximum atomic E-state index is 8.74. The Morgan fingerprint density at radius 2 is 2.24 bits per heavy atom. The molecule has 1 N–H and O–H groups in total. The predicted molar refractivity (Wildman–Crippen MR) is 70.1 cm³/mol. The van der Waals surface area contributed by atoms with E-state index in [0.29, 0.717) is 0 Å². The molecule has 0 saturated carbocycles. The molecule has 0 spiro atoms. The van der Waals surface area contributed by atoms with Crippen molar-refractivity contribution < 1.29 is 0 Å². The van der Waals surface area contributed by atoms with Crippen LogP contribution < -0.4 is 5.32 Å². The first-order valence-electron chi connectivity index (χ1n) is 5.34. The normalized spacial score (nSPS) is 9.94. The highest BCUT2D eigenvalue weighted by molar-refractivity contribution is 7.10. The minimum atomic E-state index is 0.727. The van der Waals surface area contributed by atoms with Gasteiger partial charge in [0.05, 0.1) is 16.9 Å². The van der Waals surface area contributed by atoms with Crippen molar-refractivity contribution in [1.82, 2.24) is 4.98 Å². The minimum absolute atomic E-state index is 0.727. The zero-order valence-corrected chi connectivity index (χ0v) is 10.6. The standard InChI is InChI=1S/C13H13N3S/c1-9-3-4-13(10(2)16-9)15-7-12-5-11(6-14)8-17-12/h3-5,8,15H,7H2,1-2H3. The number of hydrogen-bond acceptors (Lipinski definition) is 4. The monoisotopic (exact) mass is 243 g/mol. The van der Waals surface area contributed by atoms with Crippen molar-refractivity contribution in [1.29, 1.82) is 5.26 Å². The highest BCUT2D eigenvalue weighted by atomic mass is 32.1. The van der Waals surface area contributed by atoms with Crippen LogP contribution in [0, 0.1) is 25.2 Å². The zero-order valence-electron chi connectivity index (χ0n) is 9.82. The summed E-state index contributed by atoms with van der Waals surface area (Å²) in [4.78, 5) is 5.55. The van der Waals surface area contributed by atoms with E-state index in [0.717, 1.165) is 34.1 Å². The van der Waals surface area contributed by atoms with Gasteiger partial charge in [-0.2, -0.15) is 5.26 Å². The maximum Gasteiger partial charge on any atom is 0.100 e. The SMILES string of the molecule is Cc1ccc(NCc2cc(C#N)cs2)c(C)n1. The molecule has 2 rings (SSSR count). The summed E-state index contributed by atoms with van der Waals surface area (Å²) in [5.41, 5.74) is 3.80. The van der Waals surface area contributed by atoms with Crippen LogP contribution in [0.5, 0.6) is 0 Å². The lowest BCUT2D eigenvalue weighted by atomic mass is 10.2. The van der Waals surface area contributed by atoms with Crippen LogP contribution in [0.4, 0.5) is 5.69 Å². The van der Waals surface area contributed by atoms with Crippen LogP contribution in [0.3, 0.4) is 0 Å². The van der Waals surface area contributed by atoms with Crippen LogP contribution in [-0.4, -0.2) is 4.98 Å². The lowest BCUT2D eigenvalue weighted by molar-refractivity contribution is 1.09. The van der Waals surface area contributed by atoms with E-state index in [1.165, 1.54) is 0 Å². The molecule has 0 aromatic carbocycles. The van der Waals surface area contributed by atoms with E-state index in [1.807, 2.05) is 37.4 Å². The second-order valence-corrected chi connectivity index (χ2v) is 4.85. The number of nitriles is 1. The second kappa shape index (κ2) is 4.98. The van der Waals surface area contributed by atoms with Gasteiger partial charge in [0, 0.05) is 22.5 Å². The Labute approximate surface area is 105 Å². The van der Waals surface area contributed by atoms with Gasteiger partial charge in [-0.05, 0) is 32.0 Å². The van der Waals surface area contributed by atoms with Crippen molar-refractivity contribution in [3.8, 4) is 6.07 Å². The van der Waals surface area contributed by atoms with Crippen LogP contribution in [0.25, 0.3) is 0 Å². The van der Waals surface area contributed by atoms with Gasteiger partial charge in [-0.1, -0.05) is 0 Å². The topological polar surface area (TPSA) is 48.7 Å². The van der Waals surface area contributed by atoms with E-state index < -0.39 is 0 Å². The van der Waals surface area contributed by atoms with Gasteiger partial charge in [-0.3, -0.25) is 4.98 Å². The maximum absolute atomic E-state index is 8.74. The highest BCUT2D eigenvalue weighted by Crippen LogP contribution is 2.18. The third kappa shape index (κ3) is 2.83. The number of anilines is 1. The van der Waals surface area contributed by atoms with Gasteiger partial charge in [0.25, 0.3) is 0 Å². The molecule has 17 heavy (non-hydrogen) atoms. The number of thiophene rings is 1. The van der Waals surface area contributed by atoms with Crippen molar-refractivity contribution in [3.05, 3.63) is 45.4 Å². The Balaban J connectivity index is 2.05. The average Bonchev–Trinajstić information content (AvgIpc) is 2.76. The number of aromatic nitrogens is 1. The molecule has 2 aromatic rings. The molecule has 86 valence electrons. The van der Waals surface area contributed by atoms with Crippen molar-refractivity contribution in [2.24, 2.45) is 0 Å². The van der Waals surface area contributed by atoms with Crippen LogP contribution >= 0.6 is 11.3 Å². The van der Waals surface area contributed by atoms with Crippen molar-refractivity contribution in [2.45, 2.75) is 20.4 Å². The van der Waals surface area contributed by atoms with Gasteiger partial charge in [-0.25, -0.2) is 0 Å². The Kier molecular flexibility index (Phi) is 3.40. The molecule has 2 aromatic heterocycles. The van der Waals surface area contributed by atoms with Gasteiger partial charge in [-0.15, -0.1) is 11.3 Å². The van der Waals surface area contributed by atoms with Crippen LogP contribution in [-0.2, 0) is 6.54 Å². The molecule has 0 atom stereocenters. The van der Waals surface area contributed by atoms with Crippen molar-refractivity contribution in [3.63, 3.8) is 0 Å². The van der Waals surface area contributed by atoms with Gasteiger partial charge < -0.3 is 5.32 Å². The molecule has 0 unspecified atom stereocenters. The van der Waals surface area contributed by atoms with Crippen LogP contribution in [0.2, 0.25) is 0 Å². The Bertz CT molecular complexity index is 566.